The van der Waals surface area contributed by atoms with E-state index in [0.717, 1.165) is 25.2 Å². The van der Waals surface area contributed by atoms with E-state index in [0.29, 0.717) is 22.5 Å². The normalized spacial score (nSPS) is 14.5. The van der Waals surface area contributed by atoms with Crippen LogP contribution in [0.25, 0.3) is 11.0 Å². The maximum atomic E-state index is 12.6. The van der Waals surface area contributed by atoms with Crippen LogP contribution in [0.5, 0.6) is 0 Å². The summed E-state index contributed by atoms with van der Waals surface area (Å²) in [4.78, 5) is 27.3. The van der Waals surface area contributed by atoms with E-state index >= 15 is 0 Å². The molecule has 144 valence electrons. The number of fused-ring (bicyclic) bond motifs is 1. The van der Waals surface area contributed by atoms with Crippen LogP contribution in [0.4, 0.5) is 0 Å². The van der Waals surface area contributed by atoms with Gasteiger partial charge in [0, 0.05) is 24.2 Å². The number of carbonyl (C=O) groups excluding carboxylic acids is 1. The zero-order valence-electron chi connectivity index (χ0n) is 15.4. The van der Waals surface area contributed by atoms with Crippen LogP contribution in [0.15, 0.2) is 57.7 Å². The quantitative estimate of drug-likeness (QED) is 0.708. The highest BCUT2D eigenvalue weighted by molar-refractivity contribution is 6.31. The first-order valence-electron chi connectivity index (χ1n) is 9.41. The molecular formula is C22H21ClN2O3. The topological polar surface area (TPSA) is 62.6 Å². The van der Waals surface area contributed by atoms with Crippen LogP contribution in [-0.4, -0.2) is 23.9 Å². The number of nitrogens with one attached hydrogen (secondary N) is 1. The molecule has 1 aliphatic rings. The summed E-state index contributed by atoms with van der Waals surface area (Å²) < 4.78 is 5.61. The fraction of sp³-hybridized carbons (Fsp3) is 0.273. The lowest BCUT2D eigenvalue weighted by Crippen LogP contribution is -2.25. The predicted octanol–water partition coefficient (Wildman–Crippen LogP) is 3.97. The van der Waals surface area contributed by atoms with Gasteiger partial charge in [0.05, 0.1) is 5.39 Å². The summed E-state index contributed by atoms with van der Waals surface area (Å²) in [5.74, 6) is -0.415. The van der Waals surface area contributed by atoms with Gasteiger partial charge in [-0.2, -0.15) is 0 Å². The van der Waals surface area contributed by atoms with E-state index in [4.69, 9.17) is 16.0 Å². The summed E-state index contributed by atoms with van der Waals surface area (Å²) in [7, 11) is 0. The van der Waals surface area contributed by atoms with Gasteiger partial charge in [-0.25, -0.2) is 0 Å². The Kier molecular flexibility index (Phi) is 5.46. The Bertz CT molecular complexity index is 1070. The van der Waals surface area contributed by atoms with Crippen LogP contribution in [0, 0.1) is 0 Å². The SMILES string of the molecule is O=C(NCc1ccccc1CN1CCCC1)c1cc(=O)c2cc(Cl)ccc2o1. The van der Waals surface area contributed by atoms with Crippen LogP contribution in [0.2, 0.25) is 5.02 Å². The molecule has 0 unspecified atom stereocenters. The van der Waals surface area contributed by atoms with Crippen molar-refractivity contribution in [1.82, 2.24) is 10.2 Å². The summed E-state index contributed by atoms with van der Waals surface area (Å²) in [5, 5.41) is 3.68. The zero-order valence-corrected chi connectivity index (χ0v) is 16.2. The van der Waals surface area contributed by atoms with Gasteiger partial charge in [-0.1, -0.05) is 35.9 Å². The molecule has 1 aromatic heterocycles. The lowest BCUT2D eigenvalue weighted by Gasteiger charge is -2.17. The van der Waals surface area contributed by atoms with Crippen molar-refractivity contribution in [2.75, 3.05) is 13.1 Å². The highest BCUT2D eigenvalue weighted by Crippen LogP contribution is 2.18. The van der Waals surface area contributed by atoms with Gasteiger partial charge in [0.15, 0.2) is 11.2 Å². The molecule has 28 heavy (non-hydrogen) atoms. The molecule has 1 amide bonds. The first kappa shape index (κ1) is 18.7. The monoisotopic (exact) mass is 396 g/mol. The molecule has 0 radical (unpaired) electrons. The molecule has 1 N–H and O–H groups in total. The molecule has 0 spiro atoms. The maximum Gasteiger partial charge on any atom is 0.287 e. The Morgan fingerprint density at radius 2 is 1.82 bits per heavy atom. The number of carbonyl (C=O) groups is 1. The highest BCUT2D eigenvalue weighted by atomic mass is 35.5. The van der Waals surface area contributed by atoms with Crippen molar-refractivity contribution in [2.24, 2.45) is 0 Å². The van der Waals surface area contributed by atoms with Crippen molar-refractivity contribution in [2.45, 2.75) is 25.9 Å². The summed E-state index contributed by atoms with van der Waals surface area (Å²) in [6.45, 7) is 3.50. The maximum absolute atomic E-state index is 12.6. The first-order valence-corrected chi connectivity index (χ1v) is 9.79. The van der Waals surface area contributed by atoms with Gasteiger partial charge in [0.1, 0.15) is 5.58 Å². The molecule has 0 atom stereocenters. The minimum absolute atomic E-state index is 0.00292. The molecule has 3 aromatic rings. The predicted molar refractivity (Wildman–Crippen MR) is 110 cm³/mol. The van der Waals surface area contributed by atoms with E-state index < -0.39 is 5.91 Å². The molecule has 4 rings (SSSR count). The minimum Gasteiger partial charge on any atom is -0.451 e. The van der Waals surface area contributed by atoms with Crippen LogP contribution in [0.3, 0.4) is 0 Å². The van der Waals surface area contributed by atoms with Crippen molar-refractivity contribution in [3.63, 3.8) is 0 Å². The highest BCUT2D eigenvalue weighted by Gasteiger charge is 2.15. The molecule has 1 aliphatic heterocycles. The van der Waals surface area contributed by atoms with Gasteiger partial charge < -0.3 is 9.73 Å². The number of rotatable bonds is 5. The Labute approximate surface area is 167 Å². The molecule has 0 bridgehead atoms. The number of nitrogens with zero attached hydrogens (tertiary/aromatic N) is 1. The van der Waals surface area contributed by atoms with Gasteiger partial charge in [0.25, 0.3) is 5.91 Å². The Hall–Kier alpha value is -2.63. The Balaban J connectivity index is 1.50. The molecular weight excluding hydrogens is 376 g/mol. The first-order chi connectivity index (χ1) is 13.6. The second-order valence-electron chi connectivity index (χ2n) is 7.05. The standard InChI is InChI=1S/C22H21ClN2O3/c23-17-7-8-20-18(11-17)19(26)12-21(28-20)22(27)24-13-15-5-1-2-6-16(15)14-25-9-3-4-10-25/h1-2,5-8,11-12H,3-4,9-10,13-14H2,(H,24,27). The molecule has 6 heteroatoms. The van der Waals surface area contributed by atoms with E-state index in [9.17, 15) is 9.59 Å². The Morgan fingerprint density at radius 1 is 1.07 bits per heavy atom. The van der Waals surface area contributed by atoms with E-state index in [-0.39, 0.29) is 11.2 Å². The second kappa shape index (κ2) is 8.17. The summed E-state index contributed by atoms with van der Waals surface area (Å²) in [6.07, 6.45) is 2.48. The summed E-state index contributed by atoms with van der Waals surface area (Å²) in [5.41, 5.74) is 2.33. The van der Waals surface area contributed by atoms with E-state index in [1.807, 2.05) is 18.2 Å². The van der Waals surface area contributed by atoms with Crippen molar-refractivity contribution >= 4 is 28.5 Å². The van der Waals surface area contributed by atoms with Crippen molar-refractivity contribution in [3.8, 4) is 0 Å². The third kappa shape index (κ3) is 4.11. The third-order valence-corrected chi connectivity index (χ3v) is 5.30. The molecule has 0 aliphatic carbocycles. The number of hydrogen-bond donors (Lipinski definition) is 1. The lowest BCUT2D eigenvalue weighted by atomic mass is 10.1. The minimum atomic E-state index is -0.412. The fourth-order valence-corrected chi connectivity index (χ4v) is 3.74. The van der Waals surface area contributed by atoms with Crippen LogP contribution < -0.4 is 10.7 Å². The third-order valence-electron chi connectivity index (χ3n) is 5.06. The molecule has 1 saturated heterocycles. The Morgan fingerprint density at radius 3 is 2.61 bits per heavy atom. The van der Waals surface area contributed by atoms with Crippen molar-refractivity contribution in [3.05, 3.63) is 80.7 Å². The van der Waals surface area contributed by atoms with Crippen molar-refractivity contribution in [1.29, 1.82) is 0 Å². The number of benzene rings is 2. The van der Waals surface area contributed by atoms with Gasteiger partial charge in [-0.3, -0.25) is 14.5 Å². The number of likely N-dealkylation sites (tertiary alicyclic amines) is 1. The fourth-order valence-electron chi connectivity index (χ4n) is 3.57. The van der Waals surface area contributed by atoms with Gasteiger partial charge in [-0.15, -0.1) is 0 Å². The number of hydrogen-bond acceptors (Lipinski definition) is 4. The van der Waals surface area contributed by atoms with Crippen LogP contribution in [-0.2, 0) is 13.1 Å². The van der Waals surface area contributed by atoms with Crippen molar-refractivity contribution < 1.29 is 9.21 Å². The summed E-state index contributed by atoms with van der Waals surface area (Å²) in [6, 6.07) is 14.1. The molecule has 2 aromatic carbocycles. The second-order valence-corrected chi connectivity index (χ2v) is 7.49. The van der Waals surface area contributed by atoms with Gasteiger partial charge in [0.2, 0.25) is 0 Å². The summed E-state index contributed by atoms with van der Waals surface area (Å²) >= 11 is 5.92. The smallest absolute Gasteiger partial charge is 0.287 e. The molecule has 5 nitrogen and oxygen atoms in total. The molecule has 0 saturated carbocycles. The van der Waals surface area contributed by atoms with Crippen LogP contribution >= 0.6 is 11.6 Å². The number of halogens is 1. The molecule has 1 fully saturated rings. The largest absolute Gasteiger partial charge is 0.451 e. The molecule has 2 heterocycles. The van der Waals surface area contributed by atoms with E-state index in [1.54, 1.807) is 18.2 Å². The zero-order chi connectivity index (χ0) is 19.5. The van der Waals surface area contributed by atoms with E-state index in [2.05, 4.69) is 16.3 Å². The number of amides is 1. The lowest BCUT2D eigenvalue weighted by molar-refractivity contribution is 0.0923. The average Bonchev–Trinajstić information content (AvgIpc) is 3.20. The van der Waals surface area contributed by atoms with E-state index in [1.165, 1.54) is 24.5 Å². The average molecular weight is 397 g/mol. The van der Waals surface area contributed by atoms with Crippen LogP contribution in [0.1, 0.15) is 34.5 Å². The van der Waals surface area contributed by atoms with Gasteiger partial charge >= 0.3 is 0 Å². The van der Waals surface area contributed by atoms with Gasteiger partial charge in [-0.05, 0) is 55.3 Å².